The highest BCUT2D eigenvalue weighted by molar-refractivity contribution is 7.99. The van der Waals surface area contributed by atoms with Crippen LogP contribution in [0.5, 0.6) is 0 Å². The maximum absolute atomic E-state index is 11.3. The molecule has 0 aliphatic heterocycles. The second kappa shape index (κ2) is 5.81. The van der Waals surface area contributed by atoms with Gasteiger partial charge in [-0.25, -0.2) is 4.79 Å². The molecule has 1 aromatic carbocycles. The van der Waals surface area contributed by atoms with Crippen LogP contribution < -0.4 is 0 Å². The summed E-state index contributed by atoms with van der Waals surface area (Å²) in [6, 6.07) is 5.74. The molecule has 0 aliphatic carbocycles. The highest BCUT2D eigenvalue weighted by atomic mass is 32.2. The molecule has 0 amide bonds. The van der Waals surface area contributed by atoms with Gasteiger partial charge in [0, 0.05) is 4.90 Å². The fraction of sp³-hybridized carbons (Fsp3) is 0.417. The van der Waals surface area contributed by atoms with Crippen molar-refractivity contribution in [1.29, 1.82) is 0 Å². The topological polar surface area (TPSA) is 26.3 Å². The number of hydrogen-bond acceptors (Lipinski definition) is 3. The summed E-state index contributed by atoms with van der Waals surface area (Å²) >= 11 is 1.76. The second-order valence-electron chi connectivity index (χ2n) is 3.10. The highest BCUT2D eigenvalue weighted by Gasteiger charge is 2.08. The monoisotopic (exact) mass is 224 g/mol. The Bertz CT molecular complexity index is 347. The lowest BCUT2D eigenvalue weighted by atomic mass is 10.1. The summed E-state index contributed by atoms with van der Waals surface area (Å²) in [6.45, 7) is 4.22. The zero-order valence-electron chi connectivity index (χ0n) is 9.37. The van der Waals surface area contributed by atoms with Crippen LogP contribution in [0.3, 0.4) is 0 Å². The van der Waals surface area contributed by atoms with Crippen molar-refractivity contribution in [1.82, 2.24) is 0 Å². The molecule has 0 radical (unpaired) electrons. The first-order valence-electron chi connectivity index (χ1n) is 5.07. The van der Waals surface area contributed by atoms with Crippen LogP contribution in [0.4, 0.5) is 0 Å². The summed E-state index contributed by atoms with van der Waals surface area (Å²) < 4.78 is 4.69. The van der Waals surface area contributed by atoms with E-state index >= 15 is 0 Å². The summed E-state index contributed by atoms with van der Waals surface area (Å²) in [6.07, 6.45) is 0.990. The molecule has 15 heavy (non-hydrogen) atoms. The van der Waals surface area contributed by atoms with Crippen molar-refractivity contribution in [2.45, 2.75) is 25.2 Å². The van der Waals surface area contributed by atoms with Crippen molar-refractivity contribution in [3.8, 4) is 0 Å². The lowest BCUT2D eigenvalue weighted by Gasteiger charge is -2.08. The Balaban J connectivity index is 3.04. The van der Waals surface area contributed by atoms with Gasteiger partial charge in [0.25, 0.3) is 0 Å². The van der Waals surface area contributed by atoms with Crippen LogP contribution in [0.1, 0.15) is 29.8 Å². The molecule has 0 atom stereocenters. The highest BCUT2D eigenvalue weighted by Crippen LogP contribution is 2.24. The Morgan fingerprint density at radius 2 is 2.13 bits per heavy atom. The van der Waals surface area contributed by atoms with E-state index in [2.05, 4.69) is 13.8 Å². The molecule has 0 spiro atoms. The van der Waals surface area contributed by atoms with Crippen LogP contribution in [-0.4, -0.2) is 18.8 Å². The van der Waals surface area contributed by atoms with Crippen LogP contribution in [0.2, 0.25) is 0 Å². The molecule has 2 nitrogen and oxygen atoms in total. The van der Waals surface area contributed by atoms with Gasteiger partial charge in [-0.05, 0) is 29.9 Å². The molecule has 0 bridgehead atoms. The predicted molar refractivity (Wildman–Crippen MR) is 63.6 cm³/mol. The fourth-order valence-corrected chi connectivity index (χ4v) is 2.30. The van der Waals surface area contributed by atoms with Crippen LogP contribution in [0.25, 0.3) is 0 Å². The minimum Gasteiger partial charge on any atom is -0.465 e. The van der Waals surface area contributed by atoms with E-state index in [1.165, 1.54) is 17.6 Å². The SMILES string of the molecule is CCSc1cc(C(=O)OC)ccc1CC. The average molecular weight is 224 g/mol. The number of benzene rings is 1. The Kier molecular flexibility index (Phi) is 4.69. The molecule has 0 aromatic heterocycles. The lowest BCUT2D eigenvalue weighted by Crippen LogP contribution is -2.02. The van der Waals surface area contributed by atoms with E-state index in [-0.39, 0.29) is 5.97 Å². The van der Waals surface area contributed by atoms with Crippen molar-refractivity contribution in [2.75, 3.05) is 12.9 Å². The van der Waals surface area contributed by atoms with E-state index in [4.69, 9.17) is 4.74 Å². The zero-order chi connectivity index (χ0) is 11.3. The minimum absolute atomic E-state index is 0.268. The first-order valence-corrected chi connectivity index (χ1v) is 6.05. The van der Waals surface area contributed by atoms with Crippen molar-refractivity contribution < 1.29 is 9.53 Å². The van der Waals surface area contributed by atoms with E-state index in [1.54, 1.807) is 11.8 Å². The van der Waals surface area contributed by atoms with Gasteiger partial charge in [0.2, 0.25) is 0 Å². The number of carbonyl (C=O) groups excluding carboxylic acids is 1. The summed E-state index contributed by atoms with van der Waals surface area (Å²) in [5.41, 5.74) is 1.92. The number of hydrogen-bond donors (Lipinski definition) is 0. The van der Waals surface area contributed by atoms with Gasteiger partial charge in [-0.2, -0.15) is 0 Å². The summed E-state index contributed by atoms with van der Waals surface area (Å²) in [5, 5.41) is 0. The normalized spacial score (nSPS) is 10.1. The summed E-state index contributed by atoms with van der Waals surface area (Å²) in [7, 11) is 1.41. The fourth-order valence-electron chi connectivity index (χ4n) is 1.38. The van der Waals surface area contributed by atoms with E-state index in [9.17, 15) is 4.79 Å². The molecule has 1 aromatic rings. The third-order valence-electron chi connectivity index (χ3n) is 2.17. The second-order valence-corrected chi connectivity index (χ2v) is 4.41. The molecule has 0 aliphatic rings. The molecule has 0 N–H and O–H groups in total. The van der Waals surface area contributed by atoms with Crippen LogP contribution in [-0.2, 0) is 11.2 Å². The minimum atomic E-state index is -0.268. The van der Waals surface area contributed by atoms with Gasteiger partial charge in [-0.1, -0.05) is 19.9 Å². The molecule has 0 fully saturated rings. The number of aryl methyl sites for hydroxylation is 1. The van der Waals surface area contributed by atoms with E-state index < -0.39 is 0 Å². The Morgan fingerprint density at radius 1 is 1.40 bits per heavy atom. The Labute approximate surface area is 95.0 Å². The van der Waals surface area contributed by atoms with Gasteiger partial charge in [0.05, 0.1) is 12.7 Å². The van der Waals surface area contributed by atoms with Crippen LogP contribution in [0.15, 0.2) is 23.1 Å². The molecule has 0 heterocycles. The molecule has 82 valence electrons. The van der Waals surface area contributed by atoms with Gasteiger partial charge in [0.15, 0.2) is 0 Å². The van der Waals surface area contributed by atoms with Crippen molar-refractivity contribution in [3.05, 3.63) is 29.3 Å². The smallest absolute Gasteiger partial charge is 0.337 e. The molecule has 0 unspecified atom stereocenters. The molecular formula is C12H16O2S. The number of ether oxygens (including phenoxy) is 1. The maximum Gasteiger partial charge on any atom is 0.337 e. The third kappa shape index (κ3) is 2.99. The number of thioether (sulfide) groups is 1. The molecule has 0 saturated heterocycles. The van der Waals surface area contributed by atoms with E-state index in [0.29, 0.717) is 5.56 Å². The predicted octanol–water partition coefficient (Wildman–Crippen LogP) is 3.15. The molecule has 3 heteroatoms. The van der Waals surface area contributed by atoms with Gasteiger partial charge in [0.1, 0.15) is 0 Å². The van der Waals surface area contributed by atoms with Crippen molar-refractivity contribution >= 4 is 17.7 Å². The van der Waals surface area contributed by atoms with Crippen molar-refractivity contribution in [2.24, 2.45) is 0 Å². The van der Waals surface area contributed by atoms with Crippen LogP contribution >= 0.6 is 11.8 Å². The standard InChI is InChI=1S/C12H16O2S/c1-4-9-6-7-10(12(13)14-3)8-11(9)15-5-2/h6-8H,4-5H2,1-3H3. The zero-order valence-corrected chi connectivity index (χ0v) is 10.2. The molecular weight excluding hydrogens is 208 g/mol. The Hall–Kier alpha value is -0.960. The van der Waals surface area contributed by atoms with Gasteiger partial charge >= 0.3 is 5.97 Å². The first-order chi connectivity index (χ1) is 7.22. The number of methoxy groups -OCH3 is 1. The molecule has 1 rings (SSSR count). The number of esters is 1. The summed E-state index contributed by atoms with van der Waals surface area (Å²) in [4.78, 5) is 12.5. The quantitative estimate of drug-likeness (QED) is 0.580. The Morgan fingerprint density at radius 3 is 2.67 bits per heavy atom. The van der Waals surface area contributed by atoms with Crippen molar-refractivity contribution in [3.63, 3.8) is 0 Å². The molecule has 0 saturated carbocycles. The first kappa shape index (κ1) is 12.1. The van der Waals surface area contributed by atoms with Gasteiger partial charge in [-0.15, -0.1) is 11.8 Å². The number of rotatable bonds is 4. The lowest BCUT2D eigenvalue weighted by molar-refractivity contribution is 0.0600. The van der Waals surface area contributed by atoms with E-state index in [0.717, 1.165) is 12.2 Å². The average Bonchev–Trinajstić information content (AvgIpc) is 2.28. The van der Waals surface area contributed by atoms with Gasteiger partial charge in [-0.3, -0.25) is 0 Å². The maximum atomic E-state index is 11.3. The van der Waals surface area contributed by atoms with Crippen LogP contribution in [0, 0.1) is 0 Å². The van der Waals surface area contributed by atoms with Gasteiger partial charge < -0.3 is 4.74 Å². The third-order valence-corrected chi connectivity index (χ3v) is 3.15. The summed E-state index contributed by atoms with van der Waals surface area (Å²) in [5.74, 6) is 0.744. The van der Waals surface area contributed by atoms with E-state index in [1.807, 2.05) is 18.2 Å². The number of carbonyl (C=O) groups is 1. The largest absolute Gasteiger partial charge is 0.465 e.